The minimum absolute atomic E-state index is 0.744. The number of fused-ring (bicyclic) bond motifs is 2. The fourth-order valence-corrected chi connectivity index (χ4v) is 5.99. The van der Waals surface area contributed by atoms with E-state index in [-0.39, 0.29) is 0 Å². The number of aliphatic imine (C=N–C) groups is 1. The van der Waals surface area contributed by atoms with Crippen LogP contribution in [0.15, 0.2) is 53.5 Å². The van der Waals surface area contributed by atoms with Crippen LogP contribution in [-0.4, -0.2) is 11.2 Å². The average molecular weight is 409 g/mol. The van der Waals surface area contributed by atoms with Gasteiger partial charge in [0.2, 0.25) is 0 Å². The first kappa shape index (κ1) is 17.1. The van der Waals surface area contributed by atoms with E-state index in [4.69, 9.17) is 21.6 Å². The third kappa shape index (κ3) is 3.33. The molecule has 2 aromatic heterocycles. The molecule has 0 radical (unpaired) electrons. The van der Waals surface area contributed by atoms with Gasteiger partial charge in [-0.2, -0.15) is 0 Å². The van der Waals surface area contributed by atoms with Gasteiger partial charge in [0, 0.05) is 16.1 Å². The van der Waals surface area contributed by atoms with Crippen LogP contribution in [0.25, 0.3) is 20.8 Å². The molecule has 0 atom stereocenters. The SMILES string of the molecule is Clc1ccc(C=Nc2sc3c(c2-c2nc4ccccc4s2)CCCC3)cc1. The lowest BCUT2D eigenvalue weighted by Gasteiger charge is -2.11. The van der Waals surface area contributed by atoms with Crippen molar-refractivity contribution < 1.29 is 0 Å². The summed E-state index contributed by atoms with van der Waals surface area (Å²) in [6.45, 7) is 0. The first-order valence-electron chi connectivity index (χ1n) is 9.08. The van der Waals surface area contributed by atoms with E-state index in [0.717, 1.165) is 39.0 Å². The minimum atomic E-state index is 0.744. The van der Waals surface area contributed by atoms with Crippen LogP contribution < -0.4 is 0 Å². The zero-order valence-corrected chi connectivity index (χ0v) is 17.0. The third-order valence-electron chi connectivity index (χ3n) is 4.86. The van der Waals surface area contributed by atoms with Gasteiger partial charge < -0.3 is 0 Å². The fraction of sp³-hybridized carbons (Fsp3) is 0.182. The number of halogens is 1. The molecular formula is C22H17ClN2S2. The molecule has 0 saturated carbocycles. The Hall–Kier alpha value is -2.01. The number of benzene rings is 2. The van der Waals surface area contributed by atoms with E-state index in [1.54, 1.807) is 11.3 Å². The van der Waals surface area contributed by atoms with Crippen LogP contribution in [0.3, 0.4) is 0 Å². The van der Waals surface area contributed by atoms with Crippen LogP contribution >= 0.6 is 34.3 Å². The van der Waals surface area contributed by atoms with Crippen molar-refractivity contribution in [3.05, 3.63) is 69.6 Å². The number of thiophene rings is 1. The summed E-state index contributed by atoms with van der Waals surface area (Å²) in [5.74, 6) is 0. The maximum Gasteiger partial charge on any atom is 0.127 e. The van der Waals surface area contributed by atoms with E-state index in [2.05, 4.69) is 24.3 Å². The lowest BCUT2D eigenvalue weighted by atomic mass is 9.96. The zero-order chi connectivity index (χ0) is 18.2. The molecule has 4 aromatic rings. The van der Waals surface area contributed by atoms with E-state index in [0.29, 0.717) is 0 Å². The normalized spacial score (nSPS) is 14.1. The van der Waals surface area contributed by atoms with Crippen molar-refractivity contribution in [1.29, 1.82) is 0 Å². The summed E-state index contributed by atoms with van der Waals surface area (Å²) >= 11 is 9.59. The molecule has 27 heavy (non-hydrogen) atoms. The Balaban J connectivity index is 1.62. The van der Waals surface area contributed by atoms with Crippen LogP contribution in [0.1, 0.15) is 28.8 Å². The summed E-state index contributed by atoms with van der Waals surface area (Å²) < 4.78 is 1.23. The van der Waals surface area contributed by atoms with Crippen molar-refractivity contribution >= 4 is 55.7 Å². The molecule has 0 amide bonds. The first-order valence-corrected chi connectivity index (χ1v) is 11.1. The second-order valence-electron chi connectivity index (χ2n) is 6.69. The van der Waals surface area contributed by atoms with E-state index in [1.807, 2.05) is 41.8 Å². The molecule has 0 saturated heterocycles. The Morgan fingerprint density at radius 3 is 2.63 bits per heavy atom. The Morgan fingerprint density at radius 2 is 1.78 bits per heavy atom. The van der Waals surface area contributed by atoms with Crippen molar-refractivity contribution in [1.82, 2.24) is 4.98 Å². The van der Waals surface area contributed by atoms with Crippen molar-refractivity contribution in [3.63, 3.8) is 0 Å². The van der Waals surface area contributed by atoms with E-state index < -0.39 is 0 Å². The van der Waals surface area contributed by atoms with Gasteiger partial charge in [-0.1, -0.05) is 35.9 Å². The second-order valence-corrected chi connectivity index (χ2v) is 9.24. The first-order chi connectivity index (χ1) is 13.3. The molecule has 0 N–H and O–H groups in total. The van der Waals surface area contributed by atoms with E-state index in [1.165, 1.54) is 33.5 Å². The molecule has 0 fully saturated rings. The highest BCUT2D eigenvalue weighted by Crippen LogP contribution is 2.47. The lowest BCUT2D eigenvalue weighted by Crippen LogP contribution is -1.99. The van der Waals surface area contributed by atoms with Crippen LogP contribution in [0.2, 0.25) is 5.02 Å². The number of para-hydroxylation sites is 1. The van der Waals surface area contributed by atoms with Gasteiger partial charge in [0.1, 0.15) is 10.0 Å². The number of rotatable bonds is 3. The lowest BCUT2D eigenvalue weighted by molar-refractivity contribution is 0.698. The number of nitrogens with zero attached hydrogens (tertiary/aromatic N) is 2. The number of hydrogen-bond donors (Lipinski definition) is 0. The molecule has 0 spiro atoms. The topological polar surface area (TPSA) is 25.2 Å². The van der Waals surface area contributed by atoms with Crippen molar-refractivity contribution in [3.8, 4) is 10.6 Å². The number of aromatic nitrogens is 1. The molecule has 0 bridgehead atoms. The predicted octanol–water partition coefficient (Wildman–Crippen LogP) is 7.31. The van der Waals surface area contributed by atoms with E-state index in [9.17, 15) is 0 Å². The summed E-state index contributed by atoms with van der Waals surface area (Å²) in [6, 6.07) is 16.2. The molecule has 5 rings (SSSR count). The number of hydrogen-bond acceptors (Lipinski definition) is 4. The maximum atomic E-state index is 5.99. The maximum absolute atomic E-state index is 5.99. The molecule has 5 heteroatoms. The highest BCUT2D eigenvalue weighted by molar-refractivity contribution is 7.22. The molecule has 1 aliphatic rings. The molecular weight excluding hydrogens is 392 g/mol. The van der Waals surface area contributed by atoms with Crippen LogP contribution in [0.4, 0.5) is 5.00 Å². The number of thiazole rings is 1. The quantitative estimate of drug-likeness (QED) is 0.326. The fourth-order valence-electron chi connectivity index (χ4n) is 3.52. The van der Waals surface area contributed by atoms with Crippen LogP contribution in [-0.2, 0) is 12.8 Å². The summed E-state index contributed by atoms with van der Waals surface area (Å²) in [6.07, 6.45) is 6.75. The zero-order valence-electron chi connectivity index (χ0n) is 14.6. The highest BCUT2D eigenvalue weighted by Gasteiger charge is 2.23. The molecule has 2 aromatic carbocycles. The highest BCUT2D eigenvalue weighted by atomic mass is 35.5. The largest absolute Gasteiger partial charge is 0.245 e. The molecule has 0 unspecified atom stereocenters. The Labute approximate surface area is 171 Å². The van der Waals surface area contributed by atoms with Crippen molar-refractivity contribution in [2.24, 2.45) is 4.99 Å². The van der Waals surface area contributed by atoms with Gasteiger partial charge >= 0.3 is 0 Å². The summed E-state index contributed by atoms with van der Waals surface area (Å²) in [5, 5.41) is 2.92. The standard InChI is InChI=1S/C22H17ClN2S2/c23-15-11-9-14(10-12-15)13-24-21-20(16-5-1-3-7-18(16)26-21)22-25-17-6-2-4-8-19(17)27-22/h2,4,6,8-13H,1,3,5,7H2. The van der Waals surface area contributed by atoms with Crippen molar-refractivity contribution in [2.75, 3.05) is 0 Å². The smallest absolute Gasteiger partial charge is 0.127 e. The van der Waals surface area contributed by atoms with Gasteiger partial charge in [-0.05, 0) is 61.1 Å². The molecule has 2 nitrogen and oxygen atoms in total. The van der Waals surface area contributed by atoms with Gasteiger partial charge in [0.25, 0.3) is 0 Å². The van der Waals surface area contributed by atoms with Crippen LogP contribution in [0.5, 0.6) is 0 Å². The van der Waals surface area contributed by atoms with E-state index >= 15 is 0 Å². The average Bonchev–Trinajstić information content (AvgIpc) is 3.28. The number of aryl methyl sites for hydroxylation is 1. The summed E-state index contributed by atoms with van der Waals surface area (Å²) in [7, 11) is 0. The Bertz CT molecular complexity index is 1110. The van der Waals surface area contributed by atoms with Gasteiger partial charge in [0.15, 0.2) is 0 Å². The summed E-state index contributed by atoms with van der Waals surface area (Å²) in [4.78, 5) is 11.3. The third-order valence-corrected chi connectivity index (χ3v) is 7.37. The second kappa shape index (κ2) is 7.19. The van der Waals surface area contributed by atoms with Gasteiger partial charge in [-0.3, -0.25) is 0 Å². The van der Waals surface area contributed by atoms with Crippen molar-refractivity contribution in [2.45, 2.75) is 25.7 Å². The summed E-state index contributed by atoms with van der Waals surface area (Å²) in [5.41, 5.74) is 4.84. The predicted molar refractivity (Wildman–Crippen MR) is 118 cm³/mol. The minimum Gasteiger partial charge on any atom is -0.245 e. The molecule has 2 heterocycles. The molecule has 134 valence electrons. The van der Waals surface area contributed by atoms with Gasteiger partial charge in [-0.25, -0.2) is 9.98 Å². The van der Waals surface area contributed by atoms with Gasteiger partial charge in [0.05, 0.1) is 15.8 Å². The molecule has 0 aliphatic heterocycles. The Morgan fingerprint density at radius 1 is 0.963 bits per heavy atom. The van der Waals surface area contributed by atoms with Gasteiger partial charge in [-0.15, -0.1) is 22.7 Å². The van der Waals surface area contributed by atoms with Crippen LogP contribution in [0, 0.1) is 0 Å². The molecule has 1 aliphatic carbocycles. The monoisotopic (exact) mass is 408 g/mol. The Kier molecular flexibility index (Phi) is 4.56.